The van der Waals surface area contributed by atoms with E-state index in [4.69, 9.17) is 4.74 Å². The Balaban J connectivity index is 1.53. The monoisotopic (exact) mass is 392 g/mol. The number of rotatable bonds is 5. The molecular formula is C22H24N4O3. The number of nitrogens with one attached hydrogen (secondary N) is 1. The van der Waals surface area contributed by atoms with Crippen molar-refractivity contribution in [3.63, 3.8) is 0 Å². The van der Waals surface area contributed by atoms with Gasteiger partial charge in [-0.05, 0) is 50.2 Å². The van der Waals surface area contributed by atoms with E-state index in [1.807, 2.05) is 23.5 Å². The van der Waals surface area contributed by atoms with Crippen LogP contribution in [0, 0.1) is 6.92 Å². The number of phenols is 1. The van der Waals surface area contributed by atoms with Crippen molar-refractivity contribution in [1.29, 1.82) is 0 Å². The number of hydrogen-bond acceptors (Lipinski definition) is 6. The smallest absolute Gasteiger partial charge is 0.199 e. The van der Waals surface area contributed by atoms with E-state index in [0.717, 1.165) is 73.9 Å². The average molecular weight is 392 g/mol. The number of ether oxygens (including phenoxy) is 1. The van der Waals surface area contributed by atoms with E-state index in [0.29, 0.717) is 10.8 Å². The van der Waals surface area contributed by atoms with E-state index in [1.165, 1.54) is 0 Å². The van der Waals surface area contributed by atoms with Crippen molar-refractivity contribution in [3.8, 4) is 5.75 Å². The largest absolute Gasteiger partial charge is 0.508 e. The summed E-state index contributed by atoms with van der Waals surface area (Å²) in [6.45, 7) is 7.30. The third kappa shape index (κ3) is 3.07. The molecule has 150 valence electrons. The van der Waals surface area contributed by atoms with Crippen LogP contribution in [0.2, 0.25) is 0 Å². The molecule has 7 nitrogen and oxygen atoms in total. The summed E-state index contributed by atoms with van der Waals surface area (Å²) in [6, 6.07) is 8.83. The molecular weight excluding hydrogens is 368 g/mol. The van der Waals surface area contributed by atoms with E-state index >= 15 is 0 Å². The molecule has 7 heteroatoms. The summed E-state index contributed by atoms with van der Waals surface area (Å²) in [6.07, 6.45) is 0.987. The first-order chi connectivity index (χ1) is 14.1. The van der Waals surface area contributed by atoms with Crippen molar-refractivity contribution >= 4 is 33.0 Å². The molecule has 3 heterocycles. The van der Waals surface area contributed by atoms with Crippen LogP contribution in [0.15, 0.2) is 35.1 Å². The third-order valence-corrected chi connectivity index (χ3v) is 5.75. The van der Waals surface area contributed by atoms with Crippen molar-refractivity contribution < 1.29 is 9.84 Å². The number of pyridine rings is 1. The molecule has 4 aromatic rings. The normalized spacial score (nSPS) is 15.6. The van der Waals surface area contributed by atoms with E-state index in [-0.39, 0.29) is 11.2 Å². The first-order valence-corrected chi connectivity index (χ1v) is 10.1. The molecule has 0 bridgehead atoms. The Hall–Kier alpha value is -2.90. The Labute approximate surface area is 167 Å². The second-order valence-corrected chi connectivity index (χ2v) is 7.62. The fourth-order valence-electron chi connectivity index (χ4n) is 4.34. The summed E-state index contributed by atoms with van der Waals surface area (Å²) in [5.41, 5.74) is 3.15. The highest BCUT2D eigenvalue weighted by molar-refractivity contribution is 6.07. The molecule has 1 aliphatic rings. The van der Waals surface area contributed by atoms with Gasteiger partial charge in [0.15, 0.2) is 5.43 Å². The zero-order valence-corrected chi connectivity index (χ0v) is 16.4. The number of aromatic nitrogens is 2. The van der Waals surface area contributed by atoms with Crippen molar-refractivity contribution in [2.24, 2.45) is 0 Å². The van der Waals surface area contributed by atoms with Gasteiger partial charge in [-0.1, -0.05) is 0 Å². The van der Waals surface area contributed by atoms with Gasteiger partial charge in [0.05, 0.1) is 40.5 Å². The molecule has 1 fully saturated rings. The number of aromatic hydroxyl groups is 1. The molecule has 1 saturated heterocycles. The van der Waals surface area contributed by atoms with Gasteiger partial charge in [-0.2, -0.15) is 0 Å². The predicted octanol–water partition coefficient (Wildman–Crippen LogP) is 2.59. The quantitative estimate of drug-likeness (QED) is 0.402. The molecule has 0 radical (unpaired) electrons. The van der Waals surface area contributed by atoms with Crippen molar-refractivity contribution in [1.82, 2.24) is 14.3 Å². The maximum Gasteiger partial charge on any atom is 0.199 e. The Kier molecular flexibility index (Phi) is 4.49. The van der Waals surface area contributed by atoms with Gasteiger partial charge in [-0.25, -0.2) is 4.98 Å². The van der Waals surface area contributed by atoms with Crippen LogP contribution in [0.4, 0.5) is 5.69 Å². The van der Waals surface area contributed by atoms with Crippen LogP contribution < -0.4 is 10.7 Å². The molecule has 1 aliphatic heterocycles. The maximum absolute atomic E-state index is 13.3. The number of morpholine rings is 1. The molecule has 29 heavy (non-hydrogen) atoms. The molecule has 2 aromatic heterocycles. The number of benzene rings is 2. The third-order valence-electron chi connectivity index (χ3n) is 5.75. The summed E-state index contributed by atoms with van der Waals surface area (Å²) in [7, 11) is 0. The molecule has 2 N–H and O–H groups in total. The number of fused-ring (bicyclic) bond motifs is 2. The summed E-state index contributed by atoms with van der Waals surface area (Å²) in [4.78, 5) is 20.4. The zero-order chi connectivity index (χ0) is 20.0. The van der Waals surface area contributed by atoms with Crippen LogP contribution in [-0.2, 0) is 4.74 Å². The molecule has 0 atom stereocenters. The second-order valence-electron chi connectivity index (χ2n) is 7.62. The van der Waals surface area contributed by atoms with E-state index in [1.54, 1.807) is 18.2 Å². The first-order valence-electron chi connectivity index (χ1n) is 10.1. The minimum Gasteiger partial charge on any atom is -0.508 e. The zero-order valence-electron chi connectivity index (χ0n) is 16.4. The topological polar surface area (TPSA) is 79.1 Å². The molecule has 0 saturated carbocycles. The lowest BCUT2D eigenvalue weighted by Gasteiger charge is -2.26. The molecule has 0 spiro atoms. The van der Waals surface area contributed by atoms with Gasteiger partial charge in [0.1, 0.15) is 11.6 Å². The lowest BCUT2D eigenvalue weighted by atomic mass is 10.1. The number of phenolic OH excluding ortho intramolecular Hbond substituents is 1. The van der Waals surface area contributed by atoms with Gasteiger partial charge in [0.25, 0.3) is 0 Å². The average Bonchev–Trinajstić information content (AvgIpc) is 3.07. The van der Waals surface area contributed by atoms with Gasteiger partial charge in [0.2, 0.25) is 0 Å². The second kappa shape index (κ2) is 7.17. The Morgan fingerprint density at radius 2 is 2.03 bits per heavy atom. The number of nitrogens with zero attached hydrogens (tertiary/aromatic N) is 3. The lowest BCUT2D eigenvalue weighted by Crippen LogP contribution is -2.37. The van der Waals surface area contributed by atoms with E-state index in [9.17, 15) is 9.90 Å². The molecule has 0 unspecified atom stereocenters. The van der Waals surface area contributed by atoms with Gasteiger partial charge in [0, 0.05) is 25.3 Å². The lowest BCUT2D eigenvalue weighted by molar-refractivity contribution is 0.0378. The highest BCUT2D eigenvalue weighted by Gasteiger charge is 2.18. The van der Waals surface area contributed by atoms with Crippen LogP contribution in [0.25, 0.3) is 27.3 Å². The molecule has 5 rings (SSSR count). The Bertz CT molecular complexity index is 1240. The fraction of sp³-hybridized carbons (Fsp3) is 0.364. The summed E-state index contributed by atoms with van der Waals surface area (Å²) in [5.74, 6) is 0.913. The molecule has 0 aliphatic carbocycles. The van der Waals surface area contributed by atoms with Crippen LogP contribution in [0.5, 0.6) is 5.75 Å². The number of hydrogen-bond donors (Lipinski definition) is 2. The van der Waals surface area contributed by atoms with Gasteiger partial charge < -0.3 is 15.2 Å². The minimum absolute atomic E-state index is 0.0791. The van der Waals surface area contributed by atoms with Crippen LogP contribution in [-0.4, -0.2) is 58.8 Å². The highest BCUT2D eigenvalue weighted by atomic mass is 16.5. The predicted molar refractivity (Wildman–Crippen MR) is 114 cm³/mol. The Morgan fingerprint density at radius 3 is 2.86 bits per heavy atom. The van der Waals surface area contributed by atoms with Crippen LogP contribution in [0.3, 0.4) is 0 Å². The number of anilines is 1. The van der Waals surface area contributed by atoms with Crippen LogP contribution >= 0.6 is 0 Å². The SMILES string of the molecule is Cc1nc2ccc(NCCCN3CCOCC3)c3c(=O)c4cc(O)ccc4n1c23. The minimum atomic E-state index is -0.0791. The van der Waals surface area contributed by atoms with Crippen LogP contribution in [0.1, 0.15) is 12.2 Å². The Morgan fingerprint density at radius 1 is 1.21 bits per heavy atom. The van der Waals surface area contributed by atoms with Crippen molar-refractivity contribution in [3.05, 3.63) is 46.4 Å². The standard InChI is InChI=1S/C22H24N4O3/c1-14-24-18-5-4-17(23-7-2-8-25-9-11-29-12-10-25)20-21(18)26(14)19-6-3-15(27)13-16(19)22(20)28/h3-6,13,23,27H,2,7-12H2,1H3. The van der Waals surface area contributed by atoms with E-state index < -0.39 is 0 Å². The highest BCUT2D eigenvalue weighted by Crippen LogP contribution is 2.30. The first kappa shape index (κ1) is 18.1. The maximum atomic E-state index is 13.3. The van der Waals surface area contributed by atoms with Crippen molar-refractivity contribution in [2.45, 2.75) is 13.3 Å². The molecule has 0 amide bonds. The summed E-state index contributed by atoms with van der Waals surface area (Å²) < 4.78 is 7.41. The fourth-order valence-corrected chi connectivity index (χ4v) is 4.34. The molecule has 2 aromatic carbocycles. The summed E-state index contributed by atoms with van der Waals surface area (Å²) >= 11 is 0. The van der Waals surface area contributed by atoms with E-state index in [2.05, 4.69) is 15.2 Å². The van der Waals surface area contributed by atoms with Gasteiger partial charge in [-0.15, -0.1) is 0 Å². The summed E-state index contributed by atoms with van der Waals surface area (Å²) in [5, 5.41) is 14.5. The number of aryl methyl sites for hydroxylation is 1. The van der Waals surface area contributed by atoms with Gasteiger partial charge in [-0.3, -0.25) is 14.1 Å². The number of imidazole rings is 1. The van der Waals surface area contributed by atoms with Crippen molar-refractivity contribution in [2.75, 3.05) is 44.7 Å². The van der Waals surface area contributed by atoms with Gasteiger partial charge >= 0.3 is 0 Å².